The van der Waals surface area contributed by atoms with E-state index >= 15 is 0 Å². The van der Waals surface area contributed by atoms with Crippen LogP contribution in [0.5, 0.6) is 0 Å². The summed E-state index contributed by atoms with van der Waals surface area (Å²) < 4.78 is 26.6. The van der Waals surface area contributed by atoms with Crippen LogP contribution in [0.3, 0.4) is 0 Å². The predicted octanol–water partition coefficient (Wildman–Crippen LogP) is 1.72. The molecule has 0 saturated heterocycles. The molecule has 0 aliphatic heterocycles. The number of rotatable bonds is 5. The number of aryl methyl sites for hydroxylation is 1. The third-order valence-corrected chi connectivity index (χ3v) is 6.52. The Labute approximate surface area is 128 Å². The van der Waals surface area contributed by atoms with E-state index in [-0.39, 0.29) is 19.7 Å². The number of nitrogens with two attached hydrogens (primary N) is 1. The van der Waals surface area contributed by atoms with Gasteiger partial charge in [0, 0.05) is 0 Å². The van der Waals surface area contributed by atoms with E-state index in [0.29, 0.717) is 16.9 Å². The summed E-state index contributed by atoms with van der Waals surface area (Å²) in [6.45, 7) is 1.51. The molecule has 1 amide bonds. The van der Waals surface area contributed by atoms with Gasteiger partial charge in [-0.2, -0.15) is 0 Å². The number of carboxylic acid groups (broad SMARTS) is 1. The van der Waals surface area contributed by atoms with E-state index in [1.165, 1.54) is 24.4 Å². The smallest absolute Gasteiger partial charge is 0.346 e. The number of anilines is 1. The van der Waals surface area contributed by atoms with Gasteiger partial charge < -0.3 is 10.8 Å². The molecule has 2 aromatic heterocycles. The van der Waals surface area contributed by atoms with Crippen LogP contribution in [-0.2, 0) is 10.0 Å². The lowest BCUT2D eigenvalue weighted by Gasteiger charge is -2.05. The maximum absolute atomic E-state index is 12.2. The van der Waals surface area contributed by atoms with E-state index in [1.54, 1.807) is 0 Å². The highest BCUT2D eigenvalue weighted by Gasteiger charge is 2.23. The van der Waals surface area contributed by atoms with Crippen LogP contribution in [0.2, 0.25) is 0 Å². The van der Waals surface area contributed by atoms with Gasteiger partial charge in [-0.05, 0) is 30.0 Å². The lowest BCUT2D eigenvalue weighted by atomic mass is 10.3. The van der Waals surface area contributed by atoms with Crippen LogP contribution in [0.4, 0.5) is 5.00 Å². The molecular formula is C11H10N2O5S3. The third-order valence-electron chi connectivity index (χ3n) is 2.51. The molecule has 0 saturated carbocycles. The average Bonchev–Trinajstić information content (AvgIpc) is 2.95. The van der Waals surface area contributed by atoms with Gasteiger partial charge in [-0.3, -0.25) is 9.52 Å². The Hall–Kier alpha value is -1.91. The molecule has 21 heavy (non-hydrogen) atoms. The summed E-state index contributed by atoms with van der Waals surface area (Å²) in [7, 11) is -3.97. The molecule has 2 aromatic rings. The van der Waals surface area contributed by atoms with Crippen LogP contribution in [0.1, 0.15) is 25.6 Å². The molecule has 0 atom stereocenters. The standard InChI is InChI=1S/C11H10N2O5S3/c1-5-4-7(20-8(5)11(15)16)21(17,18)13-10-6(9(12)14)2-3-19-10/h2-4,13H,1H3,(H2,12,14)(H,15,16). The number of carbonyl (C=O) groups is 2. The number of thiophene rings is 2. The summed E-state index contributed by atoms with van der Waals surface area (Å²) in [5.41, 5.74) is 5.56. The number of primary amides is 1. The number of nitrogens with one attached hydrogen (secondary N) is 1. The Bertz CT molecular complexity index is 819. The van der Waals surface area contributed by atoms with Gasteiger partial charge in [-0.1, -0.05) is 0 Å². The Morgan fingerprint density at radius 3 is 2.57 bits per heavy atom. The van der Waals surface area contributed by atoms with E-state index in [0.717, 1.165) is 11.3 Å². The normalized spacial score (nSPS) is 11.3. The predicted molar refractivity (Wildman–Crippen MR) is 79.7 cm³/mol. The van der Waals surface area contributed by atoms with Gasteiger partial charge in [-0.25, -0.2) is 13.2 Å². The number of aromatic carboxylic acids is 1. The van der Waals surface area contributed by atoms with E-state index in [9.17, 15) is 18.0 Å². The van der Waals surface area contributed by atoms with Gasteiger partial charge in [0.25, 0.3) is 15.9 Å². The van der Waals surface area contributed by atoms with Gasteiger partial charge in [0.2, 0.25) is 0 Å². The van der Waals surface area contributed by atoms with Crippen molar-refractivity contribution in [2.75, 3.05) is 4.72 Å². The first-order chi connectivity index (χ1) is 9.72. The Balaban J connectivity index is 2.39. The van der Waals surface area contributed by atoms with Gasteiger partial charge in [-0.15, -0.1) is 22.7 Å². The zero-order valence-corrected chi connectivity index (χ0v) is 13.1. The van der Waals surface area contributed by atoms with Crippen LogP contribution in [0.15, 0.2) is 21.7 Å². The number of hydrogen-bond donors (Lipinski definition) is 3. The van der Waals surface area contributed by atoms with Crippen molar-refractivity contribution < 1.29 is 23.1 Å². The summed E-state index contributed by atoms with van der Waals surface area (Å²) in [5, 5.41) is 10.6. The molecule has 0 bridgehead atoms. The fraction of sp³-hybridized carbons (Fsp3) is 0.0909. The number of hydrogen-bond acceptors (Lipinski definition) is 6. The highest BCUT2D eigenvalue weighted by Crippen LogP contribution is 2.30. The molecular weight excluding hydrogens is 336 g/mol. The highest BCUT2D eigenvalue weighted by atomic mass is 32.2. The van der Waals surface area contributed by atoms with Gasteiger partial charge in [0.1, 0.15) is 14.1 Å². The maximum atomic E-state index is 12.2. The molecule has 0 radical (unpaired) electrons. The molecule has 7 nitrogen and oxygen atoms in total. The fourth-order valence-corrected chi connectivity index (χ4v) is 5.05. The number of sulfonamides is 1. The Morgan fingerprint density at radius 1 is 1.38 bits per heavy atom. The Kier molecular flexibility index (Phi) is 4.03. The largest absolute Gasteiger partial charge is 0.477 e. The van der Waals surface area contributed by atoms with E-state index in [4.69, 9.17) is 10.8 Å². The summed E-state index contributed by atoms with van der Waals surface area (Å²) in [6.07, 6.45) is 0. The van der Waals surface area contributed by atoms with Gasteiger partial charge in [0.05, 0.1) is 5.56 Å². The number of amides is 1. The van der Waals surface area contributed by atoms with Crippen LogP contribution < -0.4 is 10.5 Å². The second-order valence-corrected chi connectivity index (χ2v) is 7.89. The minimum Gasteiger partial charge on any atom is -0.477 e. The monoisotopic (exact) mass is 346 g/mol. The highest BCUT2D eigenvalue weighted by molar-refractivity contribution is 7.95. The zero-order chi connectivity index (χ0) is 15.8. The number of carbonyl (C=O) groups excluding carboxylic acids is 1. The fourth-order valence-electron chi connectivity index (χ4n) is 1.55. The van der Waals surface area contributed by atoms with Gasteiger partial charge >= 0.3 is 5.97 Å². The second-order valence-electron chi connectivity index (χ2n) is 4.02. The van der Waals surface area contributed by atoms with Crippen molar-refractivity contribution in [2.24, 2.45) is 5.73 Å². The second kappa shape index (κ2) is 5.47. The topological polar surface area (TPSA) is 127 Å². The van der Waals surface area contributed by atoms with Crippen molar-refractivity contribution in [2.45, 2.75) is 11.1 Å². The van der Waals surface area contributed by atoms with E-state index < -0.39 is 21.9 Å². The number of carboxylic acids is 1. The molecule has 10 heteroatoms. The SMILES string of the molecule is Cc1cc(S(=O)(=O)Nc2sccc2C(N)=O)sc1C(=O)O. The van der Waals surface area contributed by atoms with Gasteiger partial charge in [0.15, 0.2) is 0 Å². The summed E-state index contributed by atoms with van der Waals surface area (Å²) >= 11 is 1.66. The lowest BCUT2D eigenvalue weighted by Crippen LogP contribution is -2.16. The Morgan fingerprint density at radius 2 is 2.05 bits per heavy atom. The minimum atomic E-state index is -3.97. The molecule has 2 heterocycles. The van der Waals surface area contributed by atoms with Crippen LogP contribution in [0, 0.1) is 6.92 Å². The van der Waals surface area contributed by atoms with Crippen molar-refractivity contribution in [1.29, 1.82) is 0 Å². The molecule has 0 aromatic carbocycles. The zero-order valence-electron chi connectivity index (χ0n) is 10.6. The molecule has 0 aliphatic rings. The molecule has 2 rings (SSSR count). The average molecular weight is 346 g/mol. The third kappa shape index (κ3) is 3.06. The van der Waals surface area contributed by atoms with Crippen molar-refractivity contribution >= 4 is 49.6 Å². The molecule has 0 unspecified atom stereocenters. The van der Waals surface area contributed by atoms with Crippen LogP contribution >= 0.6 is 22.7 Å². The maximum Gasteiger partial charge on any atom is 0.346 e. The summed E-state index contributed by atoms with van der Waals surface area (Å²) in [4.78, 5) is 22.1. The first kappa shape index (κ1) is 15.5. The summed E-state index contributed by atoms with van der Waals surface area (Å²) in [5.74, 6) is -1.93. The van der Waals surface area contributed by atoms with Crippen molar-refractivity contribution in [3.63, 3.8) is 0 Å². The first-order valence-corrected chi connectivity index (χ1v) is 8.64. The molecule has 0 aliphatic carbocycles. The minimum absolute atomic E-state index is 0.0447. The summed E-state index contributed by atoms with van der Waals surface area (Å²) in [6, 6.07) is 2.68. The quantitative estimate of drug-likeness (QED) is 0.759. The molecule has 4 N–H and O–H groups in total. The van der Waals surface area contributed by atoms with Crippen LogP contribution in [-0.4, -0.2) is 25.4 Å². The van der Waals surface area contributed by atoms with Crippen LogP contribution in [0.25, 0.3) is 0 Å². The van der Waals surface area contributed by atoms with E-state index in [1.807, 2.05) is 0 Å². The van der Waals surface area contributed by atoms with Crippen molar-refractivity contribution in [1.82, 2.24) is 0 Å². The first-order valence-electron chi connectivity index (χ1n) is 5.46. The molecule has 0 fully saturated rings. The molecule has 112 valence electrons. The van der Waals surface area contributed by atoms with Crippen molar-refractivity contribution in [3.8, 4) is 0 Å². The molecule has 0 spiro atoms. The van der Waals surface area contributed by atoms with Crippen molar-refractivity contribution in [3.05, 3.63) is 33.5 Å². The lowest BCUT2D eigenvalue weighted by molar-refractivity contribution is 0.0701. The van der Waals surface area contributed by atoms with E-state index in [2.05, 4.69) is 4.72 Å².